The molecule has 0 aromatic carbocycles. The third-order valence-corrected chi connectivity index (χ3v) is 13.8. The topological polar surface area (TPSA) is 84.6 Å². The van der Waals surface area contributed by atoms with Gasteiger partial charge in [0, 0.05) is 1.43 Å². The zero-order chi connectivity index (χ0) is 33.6. The van der Waals surface area contributed by atoms with Crippen LogP contribution in [-0.2, 0) is 18.8 Å². The molecule has 0 bridgehead atoms. The summed E-state index contributed by atoms with van der Waals surface area (Å²) in [6.07, 6.45) is 34.1. The number of hydrogen-bond acceptors (Lipinski definition) is 6. The summed E-state index contributed by atoms with van der Waals surface area (Å²) >= 11 is 0. The van der Waals surface area contributed by atoms with Gasteiger partial charge in [0.2, 0.25) is 0 Å². The van der Waals surface area contributed by atoms with Gasteiger partial charge in [-0.2, -0.15) is 0 Å². The van der Waals surface area contributed by atoms with Crippen molar-refractivity contribution in [1.82, 2.24) is 0 Å². The van der Waals surface area contributed by atoms with Gasteiger partial charge in [-0.1, -0.05) is 26.7 Å². The fourth-order valence-corrected chi connectivity index (χ4v) is 10.8. The van der Waals surface area contributed by atoms with E-state index in [1.165, 1.54) is 121 Å². The van der Waals surface area contributed by atoms with Gasteiger partial charge in [-0.05, 0) is 24.3 Å². The summed E-state index contributed by atoms with van der Waals surface area (Å²) in [6.45, 7) is 6.45. The van der Waals surface area contributed by atoms with Crippen molar-refractivity contribution in [2.45, 2.75) is 186 Å². The first kappa shape index (κ1) is 38.2. The Morgan fingerprint density at radius 3 is 1.48 bits per heavy atom. The minimum atomic E-state index is 0. The molecular weight excluding hydrogens is 594 g/mol. The van der Waals surface area contributed by atoms with Gasteiger partial charge in [-0.3, -0.25) is 0 Å². The minimum absolute atomic E-state index is 0. The van der Waals surface area contributed by atoms with Gasteiger partial charge in [0.05, 0.1) is 0 Å². The molecule has 8 heteroatoms. The predicted octanol–water partition coefficient (Wildman–Crippen LogP) is 10.9. The fourth-order valence-electron chi connectivity index (χ4n) is 10.8. The van der Waals surface area contributed by atoms with Crippen molar-refractivity contribution in [3.05, 3.63) is 11.6 Å². The third-order valence-electron chi connectivity index (χ3n) is 13.8. The molecule has 3 atom stereocenters. The Balaban J connectivity index is 0.000000216. The second-order valence-electron chi connectivity index (χ2n) is 16.7. The van der Waals surface area contributed by atoms with Gasteiger partial charge in [0.1, 0.15) is 0 Å². The molecule has 4 aliphatic carbocycles. The molecule has 6 rings (SSSR count). The fraction of sp³-hybridized carbons (Fsp3) is 0.950. The normalized spacial score (nSPS) is 39.0. The molecule has 6 nitrogen and oxygen atoms in total. The van der Waals surface area contributed by atoms with Crippen LogP contribution >= 0.6 is 0 Å². The average Bonchev–Trinajstić information content (AvgIpc) is 3.14. The van der Waals surface area contributed by atoms with E-state index in [0.717, 1.165) is 101 Å². The zero-order valence-electron chi connectivity index (χ0n) is 30.9. The van der Waals surface area contributed by atoms with Crippen molar-refractivity contribution in [1.29, 1.82) is 10.6 Å². The van der Waals surface area contributed by atoms with Crippen molar-refractivity contribution in [2.24, 2.45) is 41.4 Å². The molecule has 0 amide bonds. The summed E-state index contributed by atoms with van der Waals surface area (Å²) in [5.41, 5.74) is 1.52. The third kappa shape index (κ3) is 11.5. The summed E-state index contributed by atoms with van der Waals surface area (Å²) in [7, 11) is 2.26. The second kappa shape index (κ2) is 20.7. The Bertz CT molecular complexity index is 950. The number of rotatable bonds is 12. The zero-order valence-corrected chi connectivity index (χ0v) is 30.9. The van der Waals surface area contributed by atoms with Crippen LogP contribution in [0.5, 0.6) is 0 Å². The van der Waals surface area contributed by atoms with Crippen LogP contribution < -0.4 is 0 Å². The van der Waals surface area contributed by atoms with Crippen LogP contribution in [0.25, 0.3) is 0 Å². The van der Waals surface area contributed by atoms with Crippen LogP contribution in [0, 0.1) is 52.0 Å². The van der Waals surface area contributed by atoms with E-state index < -0.39 is 0 Å². The van der Waals surface area contributed by atoms with E-state index in [4.69, 9.17) is 29.4 Å². The van der Waals surface area contributed by atoms with Crippen LogP contribution in [0.1, 0.15) is 163 Å². The van der Waals surface area contributed by atoms with Crippen molar-refractivity contribution in [3.63, 3.8) is 0 Å². The minimum Gasteiger partial charge on any atom is 0 e. The molecule has 1 saturated heterocycles. The molecule has 0 aromatic heterocycles. The molecule has 3 unspecified atom stereocenters. The molecule has 5 fully saturated rings. The summed E-state index contributed by atoms with van der Waals surface area (Å²) in [5.74, 6) is 6.15. The first-order valence-corrected chi connectivity index (χ1v) is 20.8. The van der Waals surface area contributed by atoms with Crippen LogP contribution in [0.3, 0.4) is 0 Å². The Kier molecular flexibility index (Phi) is 16.5. The monoisotopic (exact) mass is 667 g/mol. The van der Waals surface area contributed by atoms with E-state index in [1.54, 1.807) is 0 Å². The molecule has 272 valence electrons. The van der Waals surface area contributed by atoms with Gasteiger partial charge in [0.25, 0.3) is 0 Å². The van der Waals surface area contributed by atoms with Gasteiger partial charge < -0.3 is 0 Å². The summed E-state index contributed by atoms with van der Waals surface area (Å²) in [4.78, 5) is 0. The Morgan fingerprint density at radius 1 is 0.604 bits per heavy atom. The Morgan fingerprint density at radius 2 is 1.08 bits per heavy atom. The Labute approximate surface area is 297 Å². The van der Waals surface area contributed by atoms with Crippen LogP contribution in [0.2, 0.25) is 0 Å². The molecule has 2 heterocycles. The van der Waals surface area contributed by atoms with Gasteiger partial charge >= 0.3 is 245 Å². The van der Waals surface area contributed by atoms with E-state index in [2.05, 4.69) is 19.9 Å². The summed E-state index contributed by atoms with van der Waals surface area (Å²) < 4.78 is 23.2. The van der Waals surface area contributed by atoms with E-state index >= 15 is 0 Å². The molecule has 2 N–H and O–H groups in total. The van der Waals surface area contributed by atoms with Crippen LogP contribution in [0.15, 0.2) is 11.6 Å². The van der Waals surface area contributed by atoms with E-state index in [1.807, 2.05) is 0 Å². The molecule has 2 aliphatic heterocycles. The standard InChI is InChI=1S/C20H36BNO2.C20H34BNO2.H2/c2*1-2-3-15-4-13-20(23-14-15)18-7-5-16(6-8-18)17-9-11-19(12-10-17)24-21-22;/h15-20,22H,2-14H2,1H3;4,16-20,22H,2-3,5-14H2,1H3;1H. The van der Waals surface area contributed by atoms with Crippen molar-refractivity contribution in [3.8, 4) is 0 Å². The molecule has 48 heavy (non-hydrogen) atoms. The van der Waals surface area contributed by atoms with Crippen molar-refractivity contribution >= 4 is 14.5 Å². The summed E-state index contributed by atoms with van der Waals surface area (Å²) in [6, 6.07) is 0. The SMILES string of the molecule is CCCC1=CCC(C2CCC(C3CCC(OB=N)CC3)CC2)OC1.CCCC1CCC(C2CCC(C3CCC(OB=N)CC3)CC2)OC1.[HH]. The average molecular weight is 667 g/mol. The molecule has 4 saturated carbocycles. The first-order chi connectivity index (χ1) is 23.6. The van der Waals surface area contributed by atoms with E-state index in [9.17, 15) is 0 Å². The van der Waals surface area contributed by atoms with Crippen molar-refractivity contribution in [2.75, 3.05) is 13.2 Å². The Hall–Kier alpha value is -1.01. The van der Waals surface area contributed by atoms with Gasteiger partial charge in [-0.15, -0.1) is 0 Å². The smallest absolute Gasteiger partial charge is 0 e. The van der Waals surface area contributed by atoms with E-state index in [0.29, 0.717) is 24.4 Å². The quantitative estimate of drug-likeness (QED) is 0.160. The maximum absolute atomic E-state index is 7.08. The van der Waals surface area contributed by atoms with Crippen LogP contribution in [0.4, 0.5) is 0 Å². The van der Waals surface area contributed by atoms with Gasteiger partial charge in [0.15, 0.2) is 0 Å². The first-order valence-electron chi connectivity index (χ1n) is 20.8. The summed E-state index contributed by atoms with van der Waals surface area (Å²) in [5, 5.41) is 14.2. The maximum atomic E-state index is 7.08. The molecule has 0 radical (unpaired) electrons. The number of ether oxygens (including phenoxy) is 2. The molecule has 0 aromatic rings. The molecule has 0 spiro atoms. The molecule has 6 aliphatic rings. The number of nitrogens with one attached hydrogen (secondary N) is 2. The van der Waals surface area contributed by atoms with Crippen molar-refractivity contribution < 1.29 is 20.2 Å². The molecular formula is C40H72B2N2O4. The number of hydrogen-bond donors (Lipinski definition) is 2. The van der Waals surface area contributed by atoms with E-state index in [-0.39, 0.29) is 1.43 Å². The predicted molar refractivity (Wildman–Crippen MR) is 198 cm³/mol. The second-order valence-corrected chi connectivity index (χ2v) is 16.7. The van der Waals surface area contributed by atoms with Gasteiger partial charge in [-0.25, -0.2) is 0 Å². The van der Waals surface area contributed by atoms with Crippen LogP contribution in [-0.4, -0.2) is 52.2 Å².